The van der Waals surface area contributed by atoms with Gasteiger partial charge < -0.3 is 0 Å². The molecule has 3 aromatic carbocycles. The van der Waals surface area contributed by atoms with Crippen LogP contribution in [-0.2, 0) is 10.2 Å². The molecule has 0 heterocycles. The summed E-state index contributed by atoms with van der Waals surface area (Å²) in [5.74, 6) is 0.187. The molecule has 0 amide bonds. The molecule has 0 spiro atoms. The summed E-state index contributed by atoms with van der Waals surface area (Å²) in [6, 6.07) is 23.4. The fourth-order valence-corrected chi connectivity index (χ4v) is 5.80. The van der Waals surface area contributed by atoms with Crippen LogP contribution in [0.4, 0.5) is 0 Å². The summed E-state index contributed by atoms with van der Waals surface area (Å²) < 4.78 is 7.77. The van der Waals surface area contributed by atoms with Crippen LogP contribution in [0.3, 0.4) is 0 Å². The predicted octanol–water partition coefficient (Wildman–Crippen LogP) is 4.85. The molecule has 3 heteroatoms. The SMILES string of the molecule is C=CC(=O)Oc1ccccc1[Se]c1ccc2c(c1)C(C)(C)CC=C2c1ccc(C)cc1. The van der Waals surface area contributed by atoms with E-state index in [2.05, 4.69) is 75.9 Å². The molecule has 1 aliphatic carbocycles. The molecule has 3 aromatic rings. The average Bonchev–Trinajstić information content (AvgIpc) is 2.76. The predicted molar refractivity (Wildman–Crippen MR) is 130 cm³/mol. The van der Waals surface area contributed by atoms with E-state index in [1.54, 1.807) is 0 Å². The Bertz CT molecular complexity index is 1170. The van der Waals surface area contributed by atoms with Gasteiger partial charge in [0.15, 0.2) is 0 Å². The van der Waals surface area contributed by atoms with Gasteiger partial charge in [0.25, 0.3) is 0 Å². The van der Waals surface area contributed by atoms with Crippen LogP contribution in [0.15, 0.2) is 85.5 Å². The summed E-state index contributed by atoms with van der Waals surface area (Å²) >= 11 is 0.0222. The van der Waals surface area contributed by atoms with Crippen molar-refractivity contribution in [3.05, 3.63) is 108 Å². The topological polar surface area (TPSA) is 26.3 Å². The molecule has 0 fully saturated rings. The third-order valence-corrected chi connectivity index (χ3v) is 7.84. The van der Waals surface area contributed by atoms with Crippen LogP contribution >= 0.6 is 0 Å². The van der Waals surface area contributed by atoms with E-state index in [4.69, 9.17) is 4.74 Å². The third kappa shape index (κ3) is 4.58. The van der Waals surface area contributed by atoms with Gasteiger partial charge >= 0.3 is 191 Å². The molecule has 0 atom stereocenters. The number of carbonyl (C=O) groups is 1. The van der Waals surface area contributed by atoms with Gasteiger partial charge in [-0.25, -0.2) is 0 Å². The van der Waals surface area contributed by atoms with E-state index >= 15 is 0 Å². The van der Waals surface area contributed by atoms with Crippen LogP contribution in [0.25, 0.3) is 5.57 Å². The number of para-hydroxylation sites is 1. The maximum absolute atomic E-state index is 11.7. The molecule has 0 radical (unpaired) electrons. The molecule has 0 saturated carbocycles. The Labute approximate surface area is 190 Å². The average molecular weight is 473 g/mol. The summed E-state index contributed by atoms with van der Waals surface area (Å²) in [6.45, 7) is 10.2. The first-order chi connectivity index (χ1) is 14.9. The Hall–Kier alpha value is -2.87. The van der Waals surface area contributed by atoms with Crippen molar-refractivity contribution in [3.63, 3.8) is 0 Å². The standard InChI is InChI=1S/C28H26O2Se/c1-5-27(29)30-25-8-6-7-9-26(25)31-21-14-15-23-22(20-12-10-19(2)11-13-20)16-17-28(3,4)24(23)18-21/h5-16,18H,1,17H2,2-4H3. The zero-order valence-electron chi connectivity index (χ0n) is 18.1. The minimum atomic E-state index is -0.428. The summed E-state index contributed by atoms with van der Waals surface area (Å²) in [5, 5.41) is 0. The maximum atomic E-state index is 11.7. The van der Waals surface area contributed by atoms with Crippen molar-refractivity contribution in [2.75, 3.05) is 0 Å². The Balaban J connectivity index is 1.70. The molecule has 0 unspecified atom stereocenters. The number of esters is 1. The number of rotatable bonds is 5. The molecule has 4 rings (SSSR count). The Morgan fingerprint density at radius 1 is 1.06 bits per heavy atom. The Kier molecular flexibility index (Phi) is 6.00. The van der Waals surface area contributed by atoms with Crippen LogP contribution in [0.2, 0.25) is 0 Å². The van der Waals surface area contributed by atoms with Crippen LogP contribution < -0.4 is 13.7 Å². The minimum absolute atomic E-state index is 0.0222. The van der Waals surface area contributed by atoms with Crippen molar-refractivity contribution < 1.29 is 9.53 Å². The van der Waals surface area contributed by atoms with E-state index in [9.17, 15) is 4.79 Å². The van der Waals surface area contributed by atoms with Crippen molar-refractivity contribution in [2.45, 2.75) is 32.6 Å². The molecule has 0 aromatic heterocycles. The van der Waals surface area contributed by atoms with Gasteiger partial charge in [0.2, 0.25) is 0 Å². The van der Waals surface area contributed by atoms with E-state index in [1.807, 2.05) is 24.3 Å². The van der Waals surface area contributed by atoms with E-state index in [-0.39, 0.29) is 20.4 Å². The number of hydrogen-bond donors (Lipinski definition) is 0. The number of allylic oxidation sites excluding steroid dienone is 1. The molecule has 2 nitrogen and oxygen atoms in total. The van der Waals surface area contributed by atoms with E-state index in [0.717, 1.165) is 10.9 Å². The van der Waals surface area contributed by atoms with Crippen LogP contribution in [0.5, 0.6) is 5.75 Å². The van der Waals surface area contributed by atoms with Gasteiger partial charge in [-0.3, -0.25) is 0 Å². The molecule has 31 heavy (non-hydrogen) atoms. The van der Waals surface area contributed by atoms with E-state index in [0.29, 0.717) is 5.75 Å². The summed E-state index contributed by atoms with van der Waals surface area (Å²) in [6.07, 6.45) is 4.58. The van der Waals surface area contributed by atoms with Crippen LogP contribution in [-0.4, -0.2) is 20.9 Å². The van der Waals surface area contributed by atoms with Crippen LogP contribution in [0.1, 0.15) is 42.5 Å². The number of hydrogen-bond acceptors (Lipinski definition) is 2. The Morgan fingerprint density at radius 3 is 2.55 bits per heavy atom. The quantitative estimate of drug-likeness (QED) is 0.229. The van der Waals surface area contributed by atoms with Gasteiger partial charge in [0, 0.05) is 0 Å². The summed E-state index contributed by atoms with van der Waals surface area (Å²) in [5.41, 5.74) is 6.62. The van der Waals surface area contributed by atoms with Gasteiger partial charge in [-0.2, -0.15) is 0 Å². The molecule has 0 saturated heterocycles. The third-order valence-electron chi connectivity index (χ3n) is 5.64. The summed E-state index contributed by atoms with van der Waals surface area (Å²) in [4.78, 5) is 11.7. The van der Waals surface area contributed by atoms with Crippen molar-refractivity contribution >= 4 is 35.4 Å². The monoisotopic (exact) mass is 474 g/mol. The second-order valence-electron chi connectivity index (χ2n) is 8.45. The van der Waals surface area contributed by atoms with Gasteiger partial charge in [-0.05, 0) is 0 Å². The number of benzene rings is 3. The zero-order valence-corrected chi connectivity index (χ0v) is 19.9. The van der Waals surface area contributed by atoms with E-state index in [1.165, 1.54) is 38.4 Å². The first-order valence-corrected chi connectivity index (χ1v) is 12.1. The Morgan fingerprint density at radius 2 is 1.81 bits per heavy atom. The second-order valence-corrected chi connectivity index (χ2v) is 10.8. The van der Waals surface area contributed by atoms with Gasteiger partial charge in [0.1, 0.15) is 0 Å². The van der Waals surface area contributed by atoms with Crippen LogP contribution in [0, 0.1) is 6.92 Å². The molecule has 156 valence electrons. The number of ether oxygens (including phenoxy) is 1. The number of aryl methyl sites for hydroxylation is 1. The molecular weight excluding hydrogens is 447 g/mol. The van der Waals surface area contributed by atoms with Crippen molar-refractivity contribution in [2.24, 2.45) is 0 Å². The molecular formula is C28H26O2Se. The number of fused-ring (bicyclic) bond motifs is 1. The number of carbonyl (C=O) groups excluding carboxylic acids is 1. The summed E-state index contributed by atoms with van der Waals surface area (Å²) in [7, 11) is 0. The molecule has 0 bridgehead atoms. The molecule has 0 aliphatic heterocycles. The van der Waals surface area contributed by atoms with Crippen molar-refractivity contribution in [1.29, 1.82) is 0 Å². The van der Waals surface area contributed by atoms with Crippen molar-refractivity contribution in [1.82, 2.24) is 0 Å². The normalized spacial score (nSPS) is 14.4. The molecule has 0 N–H and O–H groups in total. The fraction of sp³-hybridized carbons (Fsp3) is 0.179. The molecule has 1 aliphatic rings. The first-order valence-electron chi connectivity index (χ1n) is 10.4. The van der Waals surface area contributed by atoms with E-state index < -0.39 is 5.97 Å². The zero-order chi connectivity index (χ0) is 22.0. The first kappa shape index (κ1) is 21.4. The fourth-order valence-electron chi connectivity index (χ4n) is 3.86. The van der Waals surface area contributed by atoms with Crippen molar-refractivity contribution in [3.8, 4) is 5.75 Å². The van der Waals surface area contributed by atoms with Gasteiger partial charge in [-0.1, -0.05) is 0 Å². The second kappa shape index (κ2) is 8.70. The van der Waals surface area contributed by atoms with Gasteiger partial charge in [-0.15, -0.1) is 0 Å². The van der Waals surface area contributed by atoms with Gasteiger partial charge in [0.05, 0.1) is 0 Å².